The van der Waals surface area contributed by atoms with Gasteiger partial charge in [0.05, 0.1) is 5.69 Å². The van der Waals surface area contributed by atoms with Gasteiger partial charge in [0.2, 0.25) is 5.91 Å². The third-order valence-electron chi connectivity index (χ3n) is 4.13. The van der Waals surface area contributed by atoms with Gasteiger partial charge < -0.3 is 10.6 Å². The highest BCUT2D eigenvalue weighted by atomic mass is 79.9. The number of nitrogens with one attached hydrogen (secondary N) is 2. The van der Waals surface area contributed by atoms with Gasteiger partial charge in [-0.3, -0.25) is 4.79 Å². The lowest BCUT2D eigenvalue weighted by Gasteiger charge is -2.27. The van der Waals surface area contributed by atoms with Crippen molar-refractivity contribution < 1.29 is 4.79 Å². The summed E-state index contributed by atoms with van der Waals surface area (Å²) in [6, 6.07) is 6.63. The highest BCUT2D eigenvalue weighted by molar-refractivity contribution is 9.10. The fourth-order valence-corrected chi connectivity index (χ4v) is 3.43. The van der Waals surface area contributed by atoms with Crippen molar-refractivity contribution in [2.75, 3.05) is 12.4 Å². The lowest BCUT2D eigenvalue weighted by molar-refractivity contribution is -0.117. The van der Waals surface area contributed by atoms with Crippen molar-refractivity contribution in [2.45, 2.75) is 45.1 Å². The second-order valence-corrected chi connectivity index (χ2v) is 6.60. The van der Waals surface area contributed by atoms with Crippen molar-refractivity contribution in [1.29, 1.82) is 0 Å². The smallest absolute Gasteiger partial charge is 0.224 e. The molecule has 1 aliphatic carbocycles. The normalized spacial score (nSPS) is 22.6. The number of carbonyl (C=O) groups excluding carboxylic acids is 1. The molecule has 3 nitrogen and oxygen atoms in total. The molecular weight excluding hydrogens is 316 g/mol. The van der Waals surface area contributed by atoms with E-state index in [9.17, 15) is 4.79 Å². The van der Waals surface area contributed by atoms with Crippen molar-refractivity contribution >= 4 is 27.5 Å². The Morgan fingerprint density at radius 1 is 1.30 bits per heavy atom. The second kappa shape index (κ2) is 7.23. The molecular formula is C16H23BrN2O. The highest BCUT2D eigenvalue weighted by Crippen LogP contribution is 2.28. The summed E-state index contributed by atoms with van der Waals surface area (Å²) in [7, 11) is 2.02. The van der Waals surface area contributed by atoms with Crippen molar-refractivity contribution in [3.8, 4) is 0 Å². The van der Waals surface area contributed by atoms with Crippen LogP contribution >= 0.6 is 15.9 Å². The Morgan fingerprint density at radius 3 is 2.60 bits per heavy atom. The highest BCUT2D eigenvalue weighted by Gasteiger charge is 2.22. The van der Waals surface area contributed by atoms with Crippen LogP contribution in [0.3, 0.4) is 0 Å². The molecule has 4 heteroatoms. The molecule has 1 fully saturated rings. The number of halogens is 1. The third kappa shape index (κ3) is 4.32. The maximum absolute atomic E-state index is 12.1. The average Bonchev–Trinajstić information content (AvgIpc) is 2.43. The second-order valence-electron chi connectivity index (χ2n) is 5.74. The molecule has 0 radical (unpaired) electrons. The lowest BCUT2D eigenvalue weighted by atomic mass is 9.84. The summed E-state index contributed by atoms with van der Waals surface area (Å²) in [4.78, 5) is 12.1. The minimum absolute atomic E-state index is 0.127. The summed E-state index contributed by atoms with van der Waals surface area (Å²) in [5.41, 5.74) is 2.05. The minimum atomic E-state index is 0.127. The van der Waals surface area contributed by atoms with E-state index in [1.54, 1.807) is 0 Å². The maximum atomic E-state index is 12.1. The average molecular weight is 339 g/mol. The first kappa shape index (κ1) is 15.5. The van der Waals surface area contributed by atoms with Gasteiger partial charge in [0.15, 0.2) is 0 Å². The Kier molecular flexibility index (Phi) is 5.61. The molecule has 2 N–H and O–H groups in total. The first-order valence-corrected chi connectivity index (χ1v) is 8.11. The summed E-state index contributed by atoms with van der Waals surface area (Å²) in [5.74, 6) is 0.659. The van der Waals surface area contributed by atoms with Gasteiger partial charge in [-0.05, 0) is 79.2 Å². The van der Waals surface area contributed by atoms with E-state index in [1.807, 2.05) is 32.2 Å². The molecule has 1 aromatic rings. The number of carbonyl (C=O) groups is 1. The fourth-order valence-electron chi connectivity index (χ4n) is 2.84. The van der Waals surface area contributed by atoms with E-state index in [1.165, 1.54) is 18.4 Å². The van der Waals surface area contributed by atoms with E-state index < -0.39 is 0 Å². The molecule has 0 saturated heterocycles. The van der Waals surface area contributed by atoms with Crippen LogP contribution in [0.25, 0.3) is 0 Å². The van der Waals surface area contributed by atoms with E-state index in [0.29, 0.717) is 18.4 Å². The van der Waals surface area contributed by atoms with Crippen molar-refractivity contribution in [2.24, 2.45) is 5.92 Å². The van der Waals surface area contributed by atoms with Gasteiger partial charge in [-0.1, -0.05) is 6.07 Å². The number of rotatable bonds is 4. The van der Waals surface area contributed by atoms with E-state index in [2.05, 4.69) is 26.6 Å². The number of hydrogen-bond donors (Lipinski definition) is 2. The zero-order chi connectivity index (χ0) is 14.5. The van der Waals surface area contributed by atoms with Crippen molar-refractivity contribution in [3.63, 3.8) is 0 Å². The molecule has 1 amide bonds. The quantitative estimate of drug-likeness (QED) is 0.874. The molecule has 20 heavy (non-hydrogen) atoms. The zero-order valence-electron chi connectivity index (χ0n) is 12.2. The van der Waals surface area contributed by atoms with E-state index in [0.717, 1.165) is 23.0 Å². The summed E-state index contributed by atoms with van der Waals surface area (Å²) in [5, 5.41) is 6.33. The Morgan fingerprint density at radius 2 is 2.00 bits per heavy atom. The van der Waals surface area contributed by atoms with E-state index >= 15 is 0 Å². The zero-order valence-corrected chi connectivity index (χ0v) is 13.8. The number of anilines is 1. The largest absolute Gasteiger partial charge is 0.325 e. The van der Waals surface area contributed by atoms with Gasteiger partial charge in [0.25, 0.3) is 0 Å². The minimum Gasteiger partial charge on any atom is -0.325 e. The topological polar surface area (TPSA) is 41.1 Å². The molecule has 0 atom stereocenters. The molecule has 110 valence electrons. The Balaban J connectivity index is 1.84. The summed E-state index contributed by atoms with van der Waals surface area (Å²) in [6.07, 6.45) is 5.30. The van der Waals surface area contributed by atoms with Crippen LogP contribution in [0.4, 0.5) is 5.69 Å². The number of amides is 1. The standard InChI is InChI=1S/C16H23BrN2O/c1-11-3-8-15(14(17)9-11)19-16(20)10-12-4-6-13(18-2)7-5-12/h3,8-9,12-13,18H,4-7,10H2,1-2H3,(H,19,20). The first-order chi connectivity index (χ1) is 9.58. The van der Waals surface area contributed by atoms with Crippen LogP contribution < -0.4 is 10.6 Å². The molecule has 0 unspecified atom stereocenters. The van der Waals surface area contributed by atoms with Gasteiger partial charge in [-0.2, -0.15) is 0 Å². The predicted molar refractivity (Wildman–Crippen MR) is 86.9 cm³/mol. The molecule has 1 aromatic carbocycles. The van der Waals surface area contributed by atoms with Crippen LogP contribution in [0.2, 0.25) is 0 Å². The number of hydrogen-bond acceptors (Lipinski definition) is 2. The van der Waals surface area contributed by atoms with E-state index in [4.69, 9.17) is 0 Å². The number of aryl methyl sites for hydroxylation is 1. The Bertz CT molecular complexity index is 468. The van der Waals surface area contributed by atoms with Gasteiger partial charge in [0.1, 0.15) is 0 Å². The van der Waals surface area contributed by atoms with Gasteiger partial charge in [-0.25, -0.2) is 0 Å². The molecule has 0 aliphatic heterocycles. The fraction of sp³-hybridized carbons (Fsp3) is 0.562. The van der Waals surface area contributed by atoms with Crippen LogP contribution in [-0.4, -0.2) is 19.0 Å². The molecule has 0 spiro atoms. The van der Waals surface area contributed by atoms with Crippen LogP contribution in [0.15, 0.2) is 22.7 Å². The Labute approximate surface area is 129 Å². The molecule has 0 heterocycles. The third-order valence-corrected chi connectivity index (χ3v) is 4.78. The molecule has 2 rings (SSSR count). The van der Waals surface area contributed by atoms with Crippen molar-refractivity contribution in [3.05, 3.63) is 28.2 Å². The van der Waals surface area contributed by atoms with Crippen molar-refractivity contribution in [1.82, 2.24) is 5.32 Å². The molecule has 1 aliphatic rings. The molecule has 0 aromatic heterocycles. The summed E-state index contributed by atoms with van der Waals surface area (Å²) in [6.45, 7) is 2.04. The SMILES string of the molecule is CNC1CCC(CC(=O)Nc2ccc(C)cc2Br)CC1. The summed E-state index contributed by atoms with van der Waals surface area (Å²) < 4.78 is 0.949. The van der Waals surface area contributed by atoms with Gasteiger partial charge >= 0.3 is 0 Å². The maximum Gasteiger partial charge on any atom is 0.224 e. The predicted octanol–water partition coefficient (Wildman–Crippen LogP) is 3.86. The van der Waals surface area contributed by atoms with Crippen LogP contribution in [0, 0.1) is 12.8 Å². The Hall–Kier alpha value is -0.870. The molecule has 1 saturated carbocycles. The van der Waals surface area contributed by atoms with Gasteiger partial charge in [-0.15, -0.1) is 0 Å². The molecule has 0 bridgehead atoms. The number of benzene rings is 1. The first-order valence-electron chi connectivity index (χ1n) is 7.31. The monoisotopic (exact) mass is 338 g/mol. The van der Waals surface area contributed by atoms with Crippen LogP contribution in [0.5, 0.6) is 0 Å². The summed E-state index contributed by atoms with van der Waals surface area (Å²) >= 11 is 3.50. The van der Waals surface area contributed by atoms with Crippen LogP contribution in [0.1, 0.15) is 37.7 Å². The lowest BCUT2D eigenvalue weighted by Crippen LogP contribution is -2.31. The van der Waals surface area contributed by atoms with E-state index in [-0.39, 0.29) is 5.91 Å². The van der Waals surface area contributed by atoms with Crippen LogP contribution in [-0.2, 0) is 4.79 Å². The van der Waals surface area contributed by atoms with Gasteiger partial charge in [0, 0.05) is 16.9 Å².